The number of rotatable bonds is 4. The molecule has 4 nitrogen and oxygen atoms in total. The molecular formula is C18H14F3N3OS. The van der Waals surface area contributed by atoms with Gasteiger partial charge in [-0.1, -0.05) is 18.2 Å². The molecule has 0 atom stereocenters. The Morgan fingerprint density at radius 3 is 2.58 bits per heavy atom. The summed E-state index contributed by atoms with van der Waals surface area (Å²) in [7, 11) is 0. The number of carbonyl (C=O) groups is 1. The van der Waals surface area contributed by atoms with Crippen molar-refractivity contribution in [3.05, 3.63) is 66.0 Å². The highest BCUT2D eigenvalue weighted by Gasteiger charge is 2.30. The standard InChI is InChI=1S/C18H14F3N3OS/c19-18(20,21)13-3-1-2-11(8-13)9-16(25)24-17-14(22)10-15(26-17)12-4-6-23-7-5-12/h1-8,10H,9,22H2,(H,24,25). The number of hydrogen-bond donors (Lipinski definition) is 2. The minimum atomic E-state index is -4.44. The Hall–Kier alpha value is -2.87. The third kappa shape index (κ3) is 4.20. The second-order valence-electron chi connectivity index (χ2n) is 5.55. The maximum Gasteiger partial charge on any atom is 0.416 e. The van der Waals surface area contributed by atoms with Gasteiger partial charge in [-0.05, 0) is 35.4 Å². The van der Waals surface area contributed by atoms with Gasteiger partial charge >= 0.3 is 6.18 Å². The molecule has 0 saturated carbocycles. The molecule has 134 valence electrons. The van der Waals surface area contributed by atoms with E-state index in [0.717, 1.165) is 22.6 Å². The summed E-state index contributed by atoms with van der Waals surface area (Å²) in [5.41, 5.74) is 6.75. The molecule has 0 radical (unpaired) electrons. The summed E-state index contributed by atoms with van der Waals surface area (Å²) in [6.07, 6.45) is -1.32. The van der Waals surface area contributed by atoms with Gasteiger partial charge in [0.2, 0.25) is 5.91 Å². The van der Waals surface area contributed by atoms with Crippen molar-refractivity contribution >= 4 is 27.9 Å². The number of thiophene rings is 1. The van der Waals surface area contributed by atoms with E-state index in [9.17, 15) is 18.0 Å². The monoisotopic (exact) mass is 377 g/mol. The quantitative estimate of drug-likeness (QED) is 0.699. The lowest BCUT2D eigenvalue weighted by molar-refractivity contribution is -0.137. The number of anilines is 2. The minimum Gasteiger partial charge on any atom is -0.396 e. The highest BCUT2D eigenvalue weighted by Crippen LogP contribution is 2.37. The Morgan fingerprint density at radius 2 is 1.88 bits per heavy atom. The van der Waals surface area contributed by atoms with E-state index in [1.165, 1.54) is 23.5 Å². The van der Waals surface area contributed by atoms with E-state index in [2.05, 4.69) is 10.3 Å². The topological polar surface area (TPSA) is 68.0 Å². The maximum atomic E-state index is 12.7. The molecule has 0 bridgehead atoms. The molecule has 1 amide bonds. The highest BCUT2D eigenvalue weighted by atomic mass is 32.1. The first-order chi connectivity index (χ1) is 12.3. The van der Waals surface area contributed by atoms with Crippen LogP contribution < -0.4 is 11.1 Å². The van der Waals surface area contributed by atoms with Crippen LogP contribution in [0.3, 0.4) is 0 Å². The lowest BCUT2D eigenvalue weighted by atomic mass is 10.1. The van der Waals surface area contributed by atoms with Crippen molar-refractivity contribution in [3.63, 3.8) is 0 Å². The van der Waals surface area contributed by atoms with Gasteiger partial charge in [0.25, 0.3) is 0 Å². The van der Waals surface area contributed by atoms with Crippen LogP contribution in [0.2, 0.25) is 0 Å². The van der Waals surface area contributed by atoms with Gasteiger partial charge in [0.1, 0.15) is 5.00 Å². The number of nitrogens with one attached hydrogen (secondary N) is 1. The van der Waals surface area contributed by atoms with E-state index in [0.29, 0.717) is 10.7 Å². The summed E-state index contributed by atoms with van der Waals surface area (Å²) in [5, 5.41) is 3.13. The summed E-state index contributed by atoms with van der Waals surface area (Å²) in [5.74, 6) is -0.431. The molecule has 2 aromatic heterocycles. The van der Waals surface area contributed by atoms with Crippen LogP contribution >= 0.6 is 11.3 Å². The lowest BCUT2D eigenvalue weighted by Gasteiger charge is -2.09. The first-order valence-electron chi connectivity index (χ1n) is 7.58. The van der Waals surface area contributed by atoms with Crippen molar-refractivity contribution in [2.75, 3.05) is 11.1 Å². The van der Waals surface area contributed by atoms with Crippen LogP contribution in [-0.2, 0) is 17.4 Å². The largest absolute Gasteiger partial charge is 0.416 e. The summed E-state index contributed by atoms with van der Waals surface area (Å²) >= 11 is 1.29. The fourth-order valence-electron chi connectivity index (χ4n) is 2.38. The number of nitrogens with two attached hydrogens (primary N) is 1. The number of carbonyl (C=O) groups excluding carboxylic acids is 1. The average molecular weight is 377 g/mol. The molecule has 0 fully saturated rings. The van der Waals surface area contributed by atoms with Crippen molar-refractivity contribution in [2.45, 2.75) is 12.6 Å². The molecule has 0 saturated heterocycles. The van der Waals surface area contributed by atoms with Crippen molar-refractivity contribution in [1.29, 1.82) is 0 Å². The zero-order valence-electron chi connectivity index (χ0n) is 13.4. The molecule has 8 heteroatoms. The predicted molar refractivity (Wildman–Crippen MR) is 95.7 cm³/mol. The zero-order valence-corrected chi connectivity index (χ0v) is 14.2. The predicted octanol–water partition coefficient (Wildman–Crippen LogP) is 4.59. The number of pyridine rings is 1. The molecule has 2 heterocycles. The van der Waals surface area contributed by atoms with E-state index < -0.39 is 17.6 Å². The molecule has 0 aliphatic heterocycles. The summed E-state index contributed by atoms with van der Waals surface area (Å²) in [6, 6.07) is 10.1. The number of benzene rings is 1. The Morgan fingerprint density at radius 1 is 1.15 bits per heavy atom. The van der Waals surface area contributed by atoms with Crippen molar-refractivity contribution in [1.82, 2.24) is 4.98 Å². The van der Waals surface area contributed by atoms with Crippen LogP contribution in [0.25, 0.3) is 10.4 Å². The number of amides is 1. The molecule has 0 spiro atoms. The summed E-state index contributed by atoms with van der Waals surface area (Å²) in [6.45, 7) is 0. The average Bonchev–Trinajstić information content (AvgIpc) is 2.96. The SMILES string of the molecule is Nc1cc(-c2ccncc2)sc1NC(=O)Cc1cccc(C(F)(F)F)c1. The third-order valence-electron chi connectivity index (χ3n) is 3.60. The number of halogens is 3. The Bertz CT molecular complexity index is 923. The van der Waals surface area contributed by atoms with E-state index in [1.807, 2.05) is 12.1 Å². The van der Waals surface area contributed by atoms with Gasteiger partial charge in [0, 0.05) is 17.3 Å². The number of nitrogens with zero attached hydrogens (tertiary/aromatic N) is 1. The third-order valence-corrected chi connectivity index (χ3v) is 4.71. The first kappa shape index (κ1) is 17.9. The fourth-order valence-corrected chi connectivity index (χ4v) is 3.38. The van der Waals surface area contributed by atoms with E-state index in [1.54, 1.807) is 18.5 Å². The normalized spacial score (nSPS) is 11.3. The second kappa shape index (κ2) is 7.17. The molecule has 1 aromatic carbocycles. The molecular weight excluding hydrogens is 363 g/mol. The van der Waals surface area contributed by atoms with Gasteiger partial charge in [0.05, 0.1) is 17.7 Å². The first-order valence-corrected chi connectivity index (χ1v) is 8.40. The summed E-state index contributed by atoms with van der Waals surface area (Å²) < 4.78 is 38.2. The van der Waals surface area contributed by atoms with Gasteiger partial charge < -0.3 is 11.1 Å². The van der Waals surface area contributed by atoms with E-state index in [4.69, 9.17) is 5.73 Å². The molecule has 26 heavy (non-hydrogen) atoms. The van der Waals surface area contributed by atoms with Gasteiger partial charge in [-0.25, -0.2) is 0 Å². The van der Waals surface area contributed by atoms with Crippen molar-refractivity contribution in [3.8, 4) is 10.4 Å². The molecule has 3 aromatic rings. The highest BCUT2D eigenvalue weighted by molar-refractivity contribution is 7.20. The van der Waals surface area contributed by atoms with E-state index >= 15 is 0 Å². The Balaban J connectivity index is 1.72. The molecule has 0 aliphatic rings. The second-order valence-corrected chi connectivity index (χ2v) is 6.61. The van der Waals surface area contributed by atoms with E-state index in [-0.39, 0.29) is 12.0 Å². The minimum absolute atomic E-state index is 0.175. The van der Waals surface area contributed by atoms with Gasteiger partial charge in [-0.15, -0.1) is 11.3 Å². The van der Waals surface area contributed by atoms with Crippen molar-refractivity contribution in [2.24, 2.45) is 0 Å². The Labute approximate surface area is 151 Å². The van der Waals surface area contributed by atoms with Crippen LogP contribution in [0, 0.1) is 0 Å². The van der Waals surface area contributed by atoms with Crippen LogP contribution in [-0.4, -0.2) is 10.9 Å². The molecule has 0 aliphatic carbocycles. The maximum absolute atomic E-state index is 12.7. The van der Waals surface area contributed by atoms with Crippen molar-refractivity contribution < 1.29 is 18.0 Å². The Kier molecular flexibility index (Phi) is 4.94. The molecule has 3 rings (SSSR count). The van der Waals surface area contributed by atoms with Crippen LogP contribution in [0.5, 0.6) is 0 Å². The van der Waals surface area contributed by atoms with Crippen LogP contribution in [0.15, 0.2) is 54.9 Å². The van der Waals surface area contributed by atoms with Crippen LogP contribution in [0.4, 0.5) is 23.9 Å². The molecule has 3 N–H and O–H groups in total. The van der Waals surface area contributed by atoms with Crippen LogP contribution in [0.1, 0.15) is 11.1 Å². The van der Waals surface area contributed by atoms with Gasteiger partial charge in [-0.3, -0.25) is 9.78 Å². The zero-order chi connectivity index (χ0) is 18.7. The number of hydrogen-bond acceptors (Lipinski definition) is 4. The molecule has 0 unspecified atom stereocenters. The number of alkyl halides is 3. The lowest BCUT2D eigenvalue weighted by Crippen LogP contribution is -2.15. The smallest absolute Gasteiger partial charge is 0.396 e. The summed E-state index contributed by atoms with van der Waals surface area (Å²) in [4.78, 5) is 17.0. The van der Waals surface area contributed by atoms with Gasteiger partial charge in [0.15, 0.2) is 0 Å². The number of nitrogen functional groups attached to an aromatic ring is 1. The van der Waals surface area contributed by atoms with Gasteiger partial charge in [-0.2, -0.15) is 13.2 Å². The number of aromatic nitrogens is 1. The fraction of sp³-hybridized carbons (Fsp3) is 0.111.